The Morgan fingerprint density at radius 3 is 2.85 bits per heavy atom. The first-order valence-electron chi connectivity index (χ1n) is 9.00. The maximum Gasteiger partial charge on any atom is 0.252 e. The molecule has 0 spiro atoms. The minimum absolute atomic E-state index is 0.0106. The van der Waals surface area contributed by atoms with Crippen LogP contribution >= 0.6 is 11.3 Å². The highest BCUT2D eigenvalue weighted by Gasteiger charge is 2.25. The van der Waals surface area contributed by atoms with Gasteiger partial charge in [0.2, 0.25) is 0 Å². The summed E-state index contributed by atoms with van der Waals surface area (Å²) in [5.41, 5.74) is 3.15. The first-order chi connectivity index (χ1) is 13.3. The molecule has 1 amide bonds. The highest BCUT2D eigenvalue weighted by Crippen LogP contribution is 2.33. The number of fused-ring (bicyclic) bond motifs is 3. The van der Waals surface area contributed by atoms with E-state index in [1.165, 1.54) is 11.3 Å². The summed E-state index contributed by atoms with van der Waals surface area (Å²) in [4.78, 5) is 23.4. The quantitative estimate of drug-likeness (QED) is 0.586. The number of benzene rings is 1. The van der Waals surface area contributed by atoms with Gasteiger partial charge in [-0.2, -0.15) is 11.3 Å². The Balaban J connectivity index is 1.34. The van der Waals surface area contributed by atoms with Crippen LogP contribution in [0.4, 0.5) is 5.82 Å². The van der Waals surface area contributed by atoms with Crippen LogP contribution in [0.5, 0.6) is 0 Å². The summed E-state index contributed by atoms with van der Waals surface area (Å²) in [6.07, 6.45) is 3.35. The van der Waals surface area contributed by atoms with Crippen LogP contribution in [0.2, 0.25) is 0 Å². The summed E-state index contributed by atoms with van der Waals surface area (Å²) in [5.74, 6) is 0.843. The second-order valence-corrected chi connectivity index (χ2v) is 7.50. The fourth-order valence-electron chi connectivity index (χ4n) is 3.63. The molecule has 1 fully saturated rings. The molecule has 1 aromatic carbocycles. The molecule has 0 atom stereocenters. The SMILES string of the molecule is O=C(NC1CCN(c2ncnc3c2oc2ccccc23)CC1)c1ccsc1. The zero-order chi connectivity index (χ0) is 18.2. The standard InChI is InChI=1S/C20H18N4O2S/c25-20(13-7-10-27-11-13)23-14-5-8-24(9-6-14)19-18-17(21-12-22-19)15-3-1-2-4-16(15)26-18/h1-4,7,10-12,14H,5-6,8-9H2,(H,23,25). The van der Waals surface area contributed by atoms with E-state index in [-0.39, 0.29) is 11.9 Å². The molecule has 1 N–H and O–H groups in total. The molecule has 0 saturated carbocycles. The number of piperidine rings is 1. The maximum absolute atomic E-state index is 12.2. The van der Waals surface area contributed by atoms with Gasteiger partial charge in [0.25, 0.3) is 5.91 Å². The summed E-state index contributed by atoms with van der Waals surface area (Å²) in [6.45, 7) is 1.63. The predicted octanol–water partition coefficient (Wildman–Crippen LogP) is 3.84. The zero-order valence-corrected chi connectivity index (χ0v) is 15.4. The van der Waals surface area contributed by atoms with Crippen LogP contribution in [0.3, 0.4) is 0 Å². The van der Waals surface area contributed by atoms with E-state index >= 15 is 0 Å². The van der Waals surface area contributed by atoms with Gasteiger partial charge < -0.3 is 14.6 Å². The first kappa shape index (κ1) is 16.3. The molecule has 0 bridgehead atoms. The van der Waals surface area contributed by atoms with E-state index < -0.39 is 0 Å². The molecule has 1 aliphatic rings. The number of carbonyl (C=O) groups is 1. The summed E-state index contributed by atoms with van der Waals surface area (Å²) >= 11 is 1.54. The van der Waals surface area contributed by atoms with E-state index in [1.54, 1.807) is 6.33 Å². The lowest BCUT2D eigenvalue weighted by atomic mass is 10.0. The normalized spacial score (nSPS) is 15.5. The van der Waals surface area contributed by atoms with Gasteiger partial charge in [-0.15, -0.1) is 0 Å². The number of hydrogen-bond acceptors (Lipinski definition) is 6. The van der Waals surface area contributed by atoms with Gasteiger partial charge in [0.15, 0.2) is 11.4 Å². The molecule has 136 valence electrons. The number of para-hydroxylation sites is 1. The molecule has 1 aliphatic heterocycles. The van der Waals surface area contributed by atoms with E-state index in [0.717, 1.165) is 59.4 Å². The second-order valence-electron chi connectivity index (χ2n) is 6.72. The molecule has 0 radical (unpaired) electrons. The van der Waals surface area contributed by atoms with Crippen molar-refractivity contribution in [3.8, 4) is 0 Å². The number of nitrogens with one attached hydrogen (secondary N) is 1. The number of carbonyl (C=O) groups excluding carboxylic acids is 1. The number of rotatable bonds is 3. The second kappa shape index (κ2) is 6.66. The van der Waals surface area contributed by atoms with Gasteiger partial charge in [-0.05, 0) is 36.4 Å². The van der Waals surface area contributed by atoms with Gasteiger partial charge in [-0.25, -0.2) is 9.97 Å². The molecule has 27 heavy (non-hydrogen) atoms. The minimum atomic E-state index is 0.0106. The van der Waals surface area contributed by atoms with Gasteiger partial charge in [0.05, 0.1) is 0 Å². The number of furan rings is 1. The lowest BCUT2D eigenvalue weighted by molar-refractivity contribution is 0.0931. The van der Waals surface area contributed by atoms with Gasteiger partial charge in [-0.3, -0.25) is 4.79 Å². The largest absolute Gasteiger partial charge is 0.450 e. The molecule has 4 heterocycles. The van der Waals surface area contributed by atoms with Crippen LogP contribution in [0.15, 0.2) is 51.8 Å². The number of aromatic nitrogens is 2. The average molecular weight is 378 g/mol. The van der Waals surface area contributed by atoms with Crippen molar-refractivity contribution in [2.45, 2.75) is 18.9 Å². The number of anilines is 1. The third-order valence-corrected chi connectivity index (χ3v) is 5.74. The molecule has 0 unspecified atom stereocenters. The van der Waals surface area contributed by atoms with Crippen LogP contribution in [0.25, 0.3) is 22.1 Å². The van der Waals surface area contributed by atoms with Gasteiger partial charge in [0, 0.05) is 35.5 Å². The van der Waals surface area contributed by atoms with Crippen molar-refractivity contribution in [1.82, 2.24) is 15.3 Å². The van der Waals surface area contributed by atoms with Crippen LogP contribution < -0.4 is 10.2 Å². The summed E-state index contributed by atoms with van der Waals surface area (Å²) in [6, 6.07) is 9.95. The fraction of sp³-hybridized carbons (Fsp3) is 0.250. The third kappa shape index (κ3) is 2.94. The van der Waals surface area contributed by atoms with Crippen LogP contribution in [0, 0.1) is 0 Å². The molecule has 7 heteroatoms. The van der Waals surface area contributed by atoms with E-state index in [4.69, 9.17) is 4.42 Å². The topological polar surface area (TPSA) is 71.3 Å². The Morgan fingerprint density at radius 1 is 1.19 bits per heavy atom. The lowest BCUT2D eigenvalue weighted by Crippen LogP contribution is -2.44. The number of thiophene rings is 1. The Labute approximate surface area is 159 Å². The van der Waals surface area contributed by atoms with Crippen molar-refractivity contribution >= 4 is 45.1 Å². The number of amides is 1. The first-order valence-corrected chi connectivity index (χ1v) is 9.94. The number of hydrogen-bond donors (Lipinski definition) is 1. The molecule has 6 nitrogen and oxygen atoms in total. The molecular formula is C20H18N4O2S. The predicted molar refractivity (Wildman–Crippen MR) is 106 cm³/mol. The van der Waals surface area contributed by atoms with Gasteiger partial charge in [0.1, 0.15) is 17.4 Å². The van der Waals surface area contributed by atoms with Crippen molar-refractivity contribution in [1.29, 1.82) is 0 Å². The molecule has 4 aromatic rings. The van der Waals surface area contributed by atoms with Crippen molar-refractivity contribution in [3.63, 3.8) is 0 Å². The Bertz CT molecular complexity index is 1100. The molecule has 1 saturated heterocycles. The molecule has 3 aromatic heterocycles. The van der Waals surface area contributed by atoms with Crippen LogP contribution in [-0.2, 0) is 0 Å². The van der Waals surface area contributed by atoms with Gasteiger partial charge >= 0.3 is 0 Å². The van der Waals surface area contributed by atoms with Crippen LogP contribution in [0.1, 0.15) is 23.2 Å². The van der Waals surface area contributed by atoms with E-state index in [9.17, 15) is 4.79 Å². The lowest BCUT2D eigenvalue weighted by Gasteiger charge is -2.32. The fourth-order valence-corrected chi connectivity index (χ4v) is 4.27. The molecule has 0 aliphatic carbocycles. The molecular weight excluding hydrogens is 360 g/mol. The van der Waals surface area contributed by atoms with Crippen molar-refractivity contribution in [2.75, 3.05) is 18.0 Å². The summed E-state index contributed by atoms with van der Waals surface area (Å²) in [5, 5.41) is 7.95. The Kier molecular flexibility index (Phi) is 4.01. The Morgan fingerprint density at radius 2 is 2.04 bits per heavy atom. The summed E-state index contributed by atoms with van der Waals surface area (Å²) < 4.78 is 6.04. The number of nitrogens with zero attached hydrogens (tertiary/aromatic N) is 3. The highest BCUT2D eigenvalue weighted by atomic mass is 32.1. The summed E-state index contributed by atoms with van der Waals surface area (Å²) in [7, 11) is 0. The van der Waals surface area contributed by atoms with Crippen molar-refractivity contribution in [3.05, 3.63) is 53.0 Å². The Hall–Kier alpha value is -2.93. The van der Waals surface area contributed by atoms with Gasteiger partial charge in [-0.1, -0.05) is 12.1 Å². The van der Waals surface area contributed by atoms with E-state index in [1.807, 2.05) is 41.1 Å². The maximum atomic E-state index is 12.2. The minimum Gasteiger partial charge on any atom is -0.450 e. The van der Waals surface area contributed by atoms with Crippen LogP contribution in [-0.4, -0.2) is 35.0 Å². The highest BCUT2D eigenvalue weighted by molar-refractivity contribution is 7.08. The third-order valence-electron chi connectivity index (χ3n) is 5.05. The monoisotopic (exact) mass is 378 g/mol. The smallest absolute Gasteiger partial charge is 0.252 e. The van der Waals surface area contributed by atoms with Crippen molar-refractivity contribution < 1.29 is 9.21 Å². The molecule has 5 rings (SSSR count). The van der Waals surface area contributed by atoms with E-state index in [0.29, 0.717) is 0 Å². The van der Waals surface area contributed by atoms with Crippen molar-refractivity contribution in [2.24, 2.45) is 0 Å². The zero-order valence-electron chi connectivity index (χ0n) is 14.6. The van der Waals surface area contributed by atoms with E-state index in [2.05, 4.69) is 20.2 Å². The average Bonchev–Trinajstić information content (AvgIpc) is 3.36.